The quantitative estimate of drug-likeness (QED) is 0.741. The molecule has 1 N–H and O–H groups in total. The molecule has 0 bridgehead atoms. The first-order valence-corrected chi connectivity index (χ1v) is 6.73. The highest BCUT2D eigenvalue weighted by atomic mass is 16.5. The third-order valence-corrected chi connectivity index (χ3v) is 2.98. The Kier molecular flexibility index (Phi) is 6.51. The minimum Gasteiger partial charge on any atom is -0.496 e. The fraction of sp³-hybridized carbons (Fsp3) is 0.500. The van der Waals surface area contributed by atoms with Crippen molar-refractivity contribution in [2.45, 2.75) is 27.2 Å². The molecule has 0 saturated carbocycles. The lowest BCUT2D eigenvalue weighted by atomic mass is 10.00. The second-order valence-corrected chi connectivity index (χ2v) is 4.79. The number of benzene rings is 1. The van der Waals surface area contributed by atoms with Gasteiger partial charge in [0, 0.05) is 12.1 Å². The number of ether oxygens (including phenoxy) is 1. The highest BCUT2D eigenvalue weighted by Gasteiger charge is 2.05. The van der Waals surface area contributed by atoms with E-state index in [-0.39, 0.29) is 0 Å². The molecule has 0 aliphatic rings. The molecule has 0 fully saturated rings. The van der Waals surface area contributed by atoms with E-state index in [9.17, 15) is 0 Å². The molecule has 1 aromatic rings. The van der Waals surface area contributed by atoms with E-state index in [0.717, 1.165) is 24.4 Å². The number of para-hydroxylation sites is 1. The van der Waals surface area contributed by atoms with Crippen molar-refractivity contribution in [1.82, 2.24) is 5.32 Å². The first kappa shape index (κ1) is 14.8. The third-order valence-electron chi connectivity index (χ3n) is 2.98. The highest BCUT2D eigenvalue weighted by Crippen LogP contribution is 2.22. The summed E-state index contributed by atoms with van der Waals surface area (Å²) in [7, 11) is 1.72. The Morgan fingerprint density at radius 2 is 2.06 bits per heavy atom. The molecule has 0 unspecified atom stereocenters. The van der Waals surface area contributed by atoms with Crippen LogP contribution in [-0.4, -0.2) is 20.2 Å². The van der Waals surface area contributed by atoms with Gasteiger partial charge in [-0.05, 0) is 24.9 Å². The maximum absolute atomic E-state index is 5.39. The lowest BCUT2D eigenvalue weighted by molar-refractivity contribution is 0.414. The van der Waals surface area contributed by atoms with Crippen molar-refractivity contribution in [2.24, 2.45) is 5.92 Å². The van der Waals surface area contributed by atoms with E-state index in [1.54, 1.807) is 7.11 Å². The Morgan fingerprint density at radius 1 is 1.33 bits per heavy atom. The fourth-order valence-electron chi connectivity index (χ4n) is 1.82. The first-order valence-electron chi connectivity index (χ1n) is 6.73. The van der Waals surface area contributed by atoms with Gasteiger partial charge in [0.05, 0.1) is 7.11 Å². The molecule has 0 aromatic heterocycles. The van der Waals surface area contributed by atoms with Crippen LogP contribution in [0.15, 0.2) is 29.8 Å². The SMILES string of the molecule is CCCNCC(=Cc1ccccc1OC)C(C)C. The van der Waals surface area contributed by atoms with Gasteiger partial charge in [-0.1, -0.05) is 50.6 Å². The van der Waals surface area contributed by atoms with Gasteiger partial charge in [-0.25, -0.2) is 0 Å². The van der Waals surface area contributed by atoms with Crippen LogP contribution in [0.5, 0.6) is 5.75 Å². The smallest absolute Gasteiger partial charge is 0.126 e. The van der Waals surface area contributed by atoms with Crippen molar-refractivity contribution in [3.63, 3.8) is 0 Å². The van der Waals surface area contributed by atoms with Gasteiger partial charge < -0.3 is 10.1 Å². The monoisotopic (exact) mass is 247 g/mol. The van der Waals surface area contributed by atoms with Crippen LogP contribution in [0.25, 0.3) is 6.08 Å². The van der Waals surface area contributed by atoms with Crippen LogP contribution >= 0.6 is 0 Å². The van der Waals surface area contributed by atoms with Gasteiger partial charge in [-0.15, -0.1) is 0 Å². The molecule has 0 aliphatic heterocycles. The Hall–Kier alpha value is -1.28. The van der Waals surface area contributed by atoms with Gasteiger partial charge >= 0.3 is 0 Å². The predicted molar refractivity (Wildman–Crippen MR) is 79.0 cm³/mol. The molecule has 18 heavy (non-hydrogen) atoms. The largest absolute Gasteiger partial charge is 0.496 e. The molecule has 2 heteroatoms. The minimum atomic E-state index is 0.541. The number of nitrogens with one attached hydrogen (secondary N) is 1. The lowest BCUT2D eigenvalue weighted by Gasteiger charge is -2.13. The van der Waals surface area contributed by atoms with Crippen LogP contribution in [0.3, 0.4) is 0 Å². The zero-order valence-corrected chi connectivity index (χ0v) is 12.0. The number of methoxy groups -OCH3 is 1. The van der Waals surface area contributed by atoms with E-state index < -0.39 is 0 Å². The van der Waals surface area contributed by atoms with Crippen molar-refractivity contribution in [2.75, 3.05) is 20.2 Å². The highest BCUT2D eigenvalue weighted by molar-refractivity contribution is 5.60. The summed E-state index contributed by atoms with van der Waals surface area (Å²) in [6.45, 7) is 8.66. The van der Waals surface area contributed by atoms with Gasteiger partial charge in [0.15, 0.2) is 0 Å². The molecule has 0 spiro atoms. The van der Waals surface area contributed by atoms with Crippen molar-refractivity contribution in [3.8, 4) is 5.75 Å². The summed E-state index contributed by atoms with van der Waals surface area (Å²) in [5.41, 5.74) is 2.56. The van der Waals surface area contributed by atoms with E-state index in [4.69, 9.17) is 4.74 Å². The Morgan fingerprint density at radius 3 is 2.67 bits per heavy atom. The van der Waals surface area contributed by atoms with Gasteiger partial charge in [0.1, 0.15) is 5.75 Å². The molecule has 0 saturated heterocycles. The minimum absolute atomic E-state index is 0.541. The van der Waals surface area contributed by atoms with E-state index >= 15 is 0 Å². The van der Waals surface area contributed by atoms with E-state index in [2.05, 4.69) is 38.2 Å². The van der Waals surface area contributed by atoms with Crippen LogP contribution < -0.4 is 10.1 Å². The fourth-order valence-corrected chi connectivity index (χ4v) is 1.82. The Labute approximate surface area is 111 Å². The summed E-state index contributed by atoms with van der Waals surface area (Å²) >= 11 is 0. The predicted octanol–water partition coefficient (Wildman–Crippen LogP) is 3.73. The molecule has 0 aliphatic carbocycles. The average Bonchev–Trinajstić information content (AvgIpc) is 2.38. The van der Waals surface area contributed by atoms with Crippen molar-refractivity contribution in [3.05, 3.63) is 35.4 Å². The third kappa shape index (κ3) is 4.53. The molecular formula is C16H25NO. The van der Waals surface area contributed by atoms with Gasteiger partial charge in [0.25, 0.3) is 0 Å². The molecular weight excluding hydrogens is 222 g/mol. The second-order valence-electron chi connectivity index (χ2n) is 4.79. The topological polar surface area (TPSA) is 21.3 Å². The van der Waals surface area contributed by atoms with Crippen molar-refractivity contribution >= 4 is 6.08 Å². The molecule has 0 amide bonds. The van der Waals surface area contributed by atoms with Crippen LogP contribution in [0, 0.1) is 5.92 Å². The summed E-state index contributed by atoms with van der Waals surface area (Å²) in [5, 5.41) is 3.47. The van der Waals surface area contributed by atoms with Crippen LogP contribution in [0.2, 0.25) is 0 Å². The van der Waals surface area contributed by atoms with E-state index in [1.807, 2.05) is 18.2 Å². The molecule has 1 aromatic carbocycles. The summed E-state index contributed by atoms with van der Waals surface area (Å²) in [6.07, 6.45) is 3.41. The maximum atomic E-state index is 5.39. The molecule has 2 nitrogen and oxygen atoms in total. The van der Waals surface area contributed by atoms with Gasteiger partial charge in [0.2, 0.25) is 0 Å². The van der Waals surface area contributed by atoms with Crippen LogP contribution in [0.1, 0.15) is 32.8 Å². The Bertz CT molecular complexity index is 382. The van der Waals surface area contributed by atoms with E-state index in [1.165, 1.54) is 12.0 Å². The van der Waals surface area contributed by atoms with Gasteiger partial charge in [-0.2, -0.15) is 0 Å². The summed E-state index contributed by atoms with van der Waals surface area (Å²) < 4.78 is 5.39. The summed E-state index contributed by atoms with van der Waals surface area (Å²) in [4.78, 5) is 0. The zero-order chi connectivity index (χ0) is 13.4. The molecule has 1 rings (SSSR count). The zero-order valence-electron chi connectivity index (χ0n) is 12.0. The summed E-state index contributed by atoms with van der Waals surface area (Å²) in [5.74, 6) is 1.48. The lowest BCUT2D eigenvalue weighted by Crippen LogP contribution is -2.19. The second kappa shape index (κ2) is 7.93. The van der Waals surface area contributed by atoms with Gasteiger partial charge in [-0.3, -0.25) is 0 Å². The number of hydrogen-bond acceptors (Lipinski definition) is 2. The standard InChI is InChI=1S/C16H25NO/c1-5-10-17-12-15(13(2)3)11-14-8-6-7-9-16(14)18-4/h6-9,11,13,17H,5,10,12H2,1-4H3. The maximum Gasteiger partial charge on any atom is 0.126 e. The average molecular weight is 247 g/mol. The summed E-state index contributed by atoms with van der Waals surface area (Å²) in [6, 6.07) is 8.15. The molecule has 0 atom stereocenters. The molecule has 0 heterocycles. The van der Waals surface area contributed by atoms with Crippen molar-refractivity contribution < 1.29 is 4.74 Å². The molecule has 0 radical (unpaired) electrons. The van der Waals surface area contributed by atoms with E-state index in [0.29, 0.717) is 5.92 Å². The number of rotatable bonds is 7. The van der Waals surface area contributed by atoms with Crippen molar-refractivity contribution in [1.29, 1.82) is 0 Å². The van der Waals surface area contributed by atoms with Crippen LogP contribution in [0.4, 0.5) is 0 Å². The first-order chi connectivity index (χ1) is 8.69. The normalized spacial score (nSPS) is 11.9. The molecule has 100 valence electrons. The van der Waals surface area contributed by atoms with Crippen LogP contribution in [-0.2, 0) is 0 Å². The Balaban J connectivity index is 2.86. The number of hydrogen-bond donors (Lipinski definition) is 1.